The molecular weight excluding hydrogens is 283 g/mol. The Hall–Kier alpha value is -1.73. The van der Waals surface area contributed by atoms with Crippen molar-refractivity contribution in [3.05, 3.63) is 29.6 Å². The van der Waals surface area contributed by atoms with Gasteiger partial charge in [-0.05, 0) is 18.9 Å². The fraction of sp³-hybridized carbons (Fsp3) is 0.500. The first-order valence-corrected chi connectivity index (χ1v) is 5.96. The highest BCUT2D eigenvalue weighted by Gasteiger charge is 2.43. The SMILES string of the molecule is O=C(c1ccnc(F)c1F)N1CCCC(C(F)(F)F)C1. The van der Waals surface area contributed by atoms with Gasteiger partial charge in [-0.15, -0.1) is 0 Å². The third kappa shape index (κ3) is 2.88. The molecule has 20 heavy (non-hydrogen) atoms. The summed E-state index contributed by atoms with van der Waals surface area (Å²) in [5.41, 5.74) is -0.597. The number of likely N-dealkylation sites (tertiary alicyclic amines) is 1. The lowest BCUT2D eigenvalue weighted by atomic mass is 9.97. The fourth-order valence-electron chi connectivity index (χ4n) is 2.18. The van der Waals surface area contributed by atoms with Crippen LogP contribution in [0.25, 0.3) is 0 Å². The Morgan fingerprint density at radius 1 is 1.35 bits per heavy atom. The summed E-state index contributed by atoms with van der Waals surface area (Å²) in [5.74, 6) is -5.46. The van der Waals surface area contributed by atoms with Gasteiger partial charge in [-0.25, -0.2) is 9.37 Å². The number of hydrogen-bond acceptors (Lipinski definition) is 2. The number of amides is 1. The molecule has 1 saturated heterocycles. The van der Waals surface area contributed by atoms with Crippen LogP contribution < -0.4 is 0 Å². The Bertz CT molecular complexity index is 517. The predicted molar refractivity (Wildman–Crippen MR) is 58.8 cm³/mol. The lowest BCUT2D eigenvalue weighted by Crippen LogP contribution is -2.44. The zero-order chi connectivity index (χ0) is 14.9. The van der Waals surface area contributed by atoms with Crippen LogP contribution >= 0.6 is 0 Å². The first-order chi connectivity index (χ1) is 9.30. The Kier molecular flexibility index (Phi) is 3.92. The Balaban J connectivity index is 2.19. The lowest BCUT2D eigenvalue weighted by molar-refractivity contribution is -0.184. The molecule has 2 rings (SSSR count). The van der Waals surface area contributed by atoms with E-state index < -0.39 is 41.9 Å². The third-order valence-corrected chi connectivity index (χ3v) is 3.25. The Morgan fingerprint density at radius 3 is 2.70 bits per heavy atom. The average Bonchev–Trinajstić information content (AvgIpc) is 2.40. The van der Waals surface area contributed by atoms with Crippen LogP contribution in [0.2, 0.25) is 0 Å². The van der Waals surface area contributed by atoms with Crippen molar-refractivity contribution in [3.8, 4) is 0 Å². The van der Waals surface area contributed by atoms with E-state index in [4.69, 9.17) is 0 Å². The molecule has 3 nitrogen and oxygen atoms in total. The number of hydrogen-bond donors (Lipinski definition) is 0. The summed E-state index contributed by atoms with van der Waals surface area (Å²) in [5, 5.41) is 0. The largest absolute Gasteiger partial charge is 0.393 e. The number of piperidine rings is 1. The van der Waals surface area contributed by atoms with Gasteiger partial charge in [0.15, 0.2) is 5.82 Å². The van der Waals surface area contributed by atoms with E-state index in [1.807, 2.05) is 0 Å². The first kappa shape index (κ1) is 14.7. The third-order valence-electron chi connectivity index (χ3n) is 3.25. The summed E-state index contributed by atoms with van der Waals surface area (Å²) in [6, 6.07) is 0.956. The van der Waals surface area contributed by atoms with Crippen molar-refractivity contribution >= 4 is 5.91 Å². The Morgan fingerprint density at radius 2 is 2.05 bits per heavy atom. The molecule has 1 amide bonds. The van der Waals surface area contributed by atoms with Crippen LogP contribution in [0.5, 0.6) is 0 Å². The molecular formula is C12H11F5N2O. The molecule has 110 valence electrons. The van der Waals surface area contributed by atoms with Crippen molar-refractivity contribution in [1.29, 1.82) is 0 Å². The summed E-state index contributed by atoms with van der Waals surface area (Å²) in [6.45, 7) is -0.444. The van der Waals surface area contributed by atoms with Crippen LogP contribution in [0.1, 0.15) is 23.2 Å². The van der Waals surface area contributed by atoms with E-state index in [0.29, 0.717) is 0 Å². The molecule has 1 fully saturated rings. The monoisotopic (exact) mass is 294 g/mol. The van der Waals surface area contributed by atoms with E-state index >= 15 is 0 Å². The van der Waals surface area contributed by atoms with Gasteiger partial charge in [0.05, 0.1) is 11.5 Å². The van der Waals surface area contributed by atoms with Crippen molar-refractivity contribution in [2.24, 2.45) is 5.92 Å². The van der Waals surface area contributed by atoms with Crippen LogP contribution in [0.15, 0.2) is 12.3 Å². The number of nitrogens with zero attached hydrogens (tertiary/aromatic N) is 2. The van der Waals surface area contributed by atoms with Gasteiger partial charge < -0.3 is 4.90 Å². The smallest absolute Gasteiger partial charge is 0.338 e. The quantitative estimate of drug-likeness (QED) is 0.589. The minimum Gasteiger partial charge on any atom is -0.338 e. The summed E-state index contributed by atoms with van der Waals surface area (Å²) in [7, 11) is 0. The van der Waals surface area contributed by atoms with Crippen molar-refractivity contribution in [2.75, 3.05) is 13.1 Å². The normalized spacial score (nSPS) is 20.1. The summed E-state index contributed by atoms with van der Waals surface area (Å²) < 4.78 is 64.3. The minimum absolute atomic E-state index is 0.0690. The molecule has 0 spiro atoms. The molecule has 0 aliphatic carbocycles. The van der Waals surface area contributed by atoms with Crippen molar-refractivity contribution in [2.45, 2.75) is 19.0 Å². The van der Waals surface area contributed by atoms with E-state index in [-0.39, 0.29) is 19.4 Å². The molecule has 1 aliphatic heterocycles. The van der Waals surface area contributed by atoms with Crippen LogP contribution in [-0.2, 0) is 0 Å². The number of rotatable bonds is 1. The number of carbonyl (C=O) groups is 1. The van der Waals surface area contributed by atoms with E-state index in [9.17, 15) is 26.7 Å². The van der Waals surface area contributed by atoms with Gasteiger partial charge in [0.1, 0.15) is 0 Å². The molecule has 0 bridgehead atoms. The topological polar surface area (TPSA) is 33.2 Å². The first-order valence-electron chi connectivity index (χ1n) is 5.96. The standard InChI is InChI=1S/C12H11F5N2O/c13-9-8(3-4-18-10(9)14)11(20)19-5-1-2-7(6-19)12(15,16)17/h3-4,7H,1-2,5-6H2. The van der Waals surface area contributed by atoms with Crippen molar-refractivity contribution in [3.63, 3.8) is 0 Å². The van der Waals surface area contributed by atoms with Crippen molar-refractivity contribution < 1.29 is 26.7 Å². The van der Waals surface area contributed by atoms with E-state index in [1.54, 1.807) is 0 Å². The molecule has 8 heteroatoms. The lowest BCUT2D eigenvalue weighted by Gasteiger charge is -2.33. The number of alkyl halides is 3. The molecule has 1 aromatic rings. The highest BCUT2D eigenvalue weighted by Crippen LogP contribution is 2.33. The number of carbonyl (C=O) groups excluding carboxylic acids is 1. The zero-order valence-electron chi connectivity index (χ0n) is 10.3. The predicted octanol–water partition coefficient (Wildman–Crippen LogP) is 2.77. The molecule has 1 aromatic heterocycles. The van der Waals surface area contributed by atoms with E-state index in [2.05, 4.69) is 4.98 Å². The minimum atomic E-state index is -4.40. The zero-order valence-corrected chi connectivity index (χ0v) is 10.3. The molecule has 1 aliphatic rings. The second-order valence-electron chi connectivity index (χ2n) is 4.60. The second-order valence-corrected chi connectivity index (χ2v) is 4.60. The second kappa shape index (κ2) is 5.34. The number of pyridine rings is 1. The van der Waals surface area contributed by atoms with Gasteiger partial charge in [-0.1, -0.05) is 0 Å². The summed E-state index contributed by atoms with van der Waals surface area (Å²) >= 11 is 0. The van der Waals surface area contributed by atoms with Gasteiger partial charge in [-0.2, -0.15) is 17.6 Å². The van der Waals surface area contributed by atoms with Crippen LogP contribution in [0, 0.1) is 17.7 Å². The average molecular weight is 294 g/mol. The Labute approximate surface area is 111 Å². The van der Waals surface area contributed by atoms with Gasteiger partial charge in [0.25, 0.3) is 5.91 Å². The molecule has 0 saturated carbocycles. The maximum absolute atomic E-state index is 13.4. The molecule has 0 aromatic carbocycles. The van der Waals surface area contributed by atoms with Crippen LogP contribution in [-0.4, -0.2) is 35.1 Å². The summed E-state index contributed by atoms with van der Waals surface area (Å²) in [6.07, 6.45) is -3.40. The number of aromatic nitrogens is 1. The van der Waals surface area contributed by atoms with Gasteiger partial charge in [0.2, 0.25) is 5.95 Å². The van der Waals surface area contributed by atoms with Gasteiger partial charge in [-0.3, -0.25) is 4.79 Å². The fourth-order valence-corrected chi connectivity index (χ4v) is 2.18. The van der Waals surface area contributed by atoms with E-state index in [1.165, 1.54) is 0 Å². The summed E-state index contributed by atoms with van der Waals surface area (Å²) in [4.78, 5) is 15.9. The highest BCUT2D eigenvalue weighted by molar-refractivity contribution is 5.94. The van der Waals surface area contributed by atoms with Crippen LogP contribution in [0.4, 0.5) is 22.0 Å². The van der Waals surface area contributed by atoms with E-state index in [0.717, 1.165) is 17.2 Å². The molecule has 2 heterocycles. The number of halogens is 5. The molecule has 1 atom stereocenters. The van der Waals surface area contributed by atoms with Crippen molar-refractivity contribution in [1.82, 2.24) is 9.88 Å². The maximum Gasteiger partial charge on any atom is 0.393 e. The maximum atomic E-state index is 13.4. The van der Waals surface area contributed by atoms with Gasteiger partial charge in [0, 0.05) is 19.3 Å². The molecule has 0 radical (unpaired) electrons. The van der Waals surface area contributed by atoms with Gasteiger partial charge >= 0.3 is 6.18 Å². The highest BCUT2D eigenvalue weighted by atomic mass is 19.4. The van der Waals surface area contributed by atoms with Crippen LogP contribution in [0.3, 0.4) is 0 Å². The molecule has 1 unspecified atom stereocenters. The molecule has 0 N–H and O–H groups in total.